The fourth-order valence-electron chi connectivity index (χ4n) is 2.29. The molecule has 0 aliphatic carbocycles. The van der Waals surface area contributed by atoms with Gasteiger partial charge in [0.1, 0.15) is 6.10 Å². The first-order valence-electron chi connectivity index (χ1n) is 7.57. The van der Waals surface area contributed by atoms with Crippen molar-refractivity contribution in [2.75, 3.05) is 19.8 Å². The Bertz CT molecular complexity index is 523. The molecule has 1 aromatic rings. The van der Waals surface area contributed by atoms with E-state index in [1.807, 2.05) is 32.2 Å². The van der Waals surface area contributed by atoms with Crippen molar-refractivity contribution < 1.29 is 14.3 Å². The number of amides is 1. The number of nitrogens with zero attached hydrogens (tertiary/aromatic N) is 1. The monoisotopic (exact) mass is 324 g/mol. The Hall–Kier alpha value is -1.24. The average molecular weight is 324 g/mol. The lowest BCUT2D eigenvalue weighted by Crippen LogP contribution is -2.50. The third-order valence-electron chi connectivity index (χ3n) is 3.46. The molecule has 2 heterocycles. The summed E-state index contributed by atoms with van der Waals surface area (Å²) in [5.41, 5.74) is 2.05. The topological polar surface area (TPSA) is 60.5 Å². The van der Waals surface area contributed by atoms with Gasteiger partial charge in [0.05, 0.1) is 36.4 Å². The highest BCUT2D eigenvalue weighted by atomic mass is 32.1. The lowest BCUT2D eigenvalue weighted by molar-refractivity contribution is -0.125. The number of hydrogen-bond donors (Lipinski definition) is 1. The van der Waals surface area contributed by atoms with E-state index in [0.29, 0.717) is 26.2 Å². The fourth-order valence-corrected chi connectivity index (χ4v) is 2.90. The molecule has 0 bridgehead atoms. The Morgan fingerprint density at radius 1 is 1.59 bits per heavy atom. The SMILES string of the molecule is CC(C)=CCO[C@@H]1COCC[C@H]1NC(=O)Cc1csc(C)n1. The molecular weight excluding hydrogens is 300 g/mol. The molecule has 0 saturated carbocycles. The molecule has 22 heavy (non-hydrogen) atoms. The van der Waals surface area contributed by atoms with Gasteiger partial charge in [0.25, 0.3) is 0 Å². The summed E-state index contributed by atoms with van der Waals surface area (Å²) in [6.07, 6.45) is 3.04. The van der Waals surface area contributed by atoms with Crippen molar-refractivity contribution in [1.82, 2.24) is 10.3 Å². The zero-order valence-electron chi connectivity index (χ0n) is 13.4. The first-order valence-corrected chi connectivity index (χ1v) is 8.45. The molecule has 1 N–H and O–H groups in total. The van der Waals surface area contributed by atoms with E-state index in [1.54, 1.807) is 11.3 Å². The number of carbonyl (C=O) groups excluding carboxylic acids is 1. The molecule has 2 atom stereocenters. The molecule has 1 saturated heterocycles. The van der Waals surface area contributed by atoms with Crippen molar-refractivity contribution in [2.24, 2.45) is 0 Å². The van der Waals surface area contributed by atoms with Crippen LogP contribution in [0.2, 0.25) is 0 Å². The van der Waals surface area contributed by atoms with Gasteiger partial charge in [-0.2, -0.15) is 0 Å². The number of nitrogens with one attached hydrogen (secondary N) is 1. The van der Waals surface area contributed by atoms with Crippen LogP contribution in [0, 0.1) is 6.92 Å². The van der Waals surface area contributed by atoms with Crippen molar-refractivity contribution in [3.63, 3.8) is 0 Å². The minimum absolute atomic E-state index is 0.00606. The van der Waals surface area contributed by atoms with E-state index in [2.05, 4.69) is 10.3 Å². The number of aryl methyl sites for hydroxylation is 1. The van der Waals surface area contributed by atoms with Gasteiger partial charge >= 0.3 is 0 Å². The highest BCUT2D eigenvalue weighted by molar-refractivity contribution is 7.09. The van der Waals surface area contributed by atoms with Gasteiger partial charge in [-0.05, 0) is 27.2 Å². The van der Waals surface area contributed by atoms with Crippen LogP contribution >= 0.6 is 11.3 Å². The largest absolute Gasteiger partial charge is 0.379 e. The van der Waals surface area contributed by atoms with E-state index in [4.69, 9.17) is 9.47 Å². The highest BCUT2D eigenvalue weighted by Gasteiger charge is 2.27. The van der Waals surface area contributed by atoms with Crippen LogP contribution in [0.3, 0.4) is 0 Å². The first-order chi connectivity index (χ1) is 10.5. The molecule has 1 aromatic heterocycles. The zero-order chi connectivity index (χ0) is 15.9. The number of hydrogen-bond acceptors (Lipinski definition) is 5. The maximum atomic E-state index is 12.2. The van der Waals surface area contributed by atoms with E-state index in [9.17, 15) is 4.79 Å². The highest BCUT2D eigenvalue weighted by Crippen LogP contribution is 2.13. The van der Waals surface area contributed by atoms with Crippen LogP contribution in [-0.4, -0.2) is 42.9 Å². The molecule has 1 aliphatic heterocycles. The van der Waals surface area contributed by atoms with Crippen LogP contribution in [-0.2, 0) is 20.7 Å². The third-order valence-corrected chi connectivity index (χ3v) is 4.28. The molecular formula is C16H24N2O3S. The van der Waals surface area contributed by atoms with E-state index in [1.165, 1.54) is 5.57 Å². The van der Waals surface area contributed by atoms with E-state index in [0.717, 1.165) is 17.1 Å². The van der Waals surface area contributed by atoms with Crippen molar-refractivity contribution in [3.8, 4) is 0 Å². The van der Waals surface area contributed by atoms with Gasteiger partial charge in [-0.15, -0.1) is 11.3 Å². The van der Waals surface area contributed by atoms with Gasteiger partial charge in [-0.1, -0.05) is 11.6 Å². The van der Waals surface area contributed by atoms with Gasteiger partial charge in [0.2, 0.25) is 5.91 Å². The number of rotatable bonds is 6. The number of aromatic nitrogens is 1. The minimum Gasteiger partial charge on any atom is -0.379 e. The lowest BCUT2D eigenvalue weighted by atomic mass is 10.1. The van der Waals surface area contributed by atoms with E-state index >= 15 is 0 Å². The minimum atomic E-state index is -0.0922. The molecule has 2 rings (SSSR count). The van der Waals surface area contributed by atoms with E-state index in [-0.39, 0.29) is 18.1 Å². The smallest absolute Gasteiger partial charge is 0.226 e. The number of allylic oxidation sites excluding steroid dienone is 1. The maximum Gasteiger partial charge on any atom is 0.226 e. The van der Waals surface area contributed by atoms with Crippen molar-refractivity contribution >= 4 is 17.2 Å². The van der Waals surface area contributed by atoms with Gasteiger partial charge in [0.15, 0.2) is 0 Å². The molecule has 0 radical (unpaired) electrons. The third kappa shape index (κ3) is 5.51. The quantitative estimate of drug-likeness (QED) is 0.815. The average Bonchev–Trinajstić information content (AvgIpc) is 2.85. The molecule has 1 aliphatic rings. The summed E-state index contributed by atoms with van der Waals surface area (Å²) in [7, 11) is 0. The van der Waals surface area contributed by atoms with Crippen LogP contribution in [0.4, 0.5) is 0 Å². The van der Waals surface area contributed by atoms with Crippen molar-refractivity contribution in [1.29, 1.82) is 0 Å². The van der Waals surface area contributed by atoms with Gasteiger partial charge in [0, 0.05) is 12.0 Å². The molecule has 1 fully saturated rings. The number of thiazole rings is 1. The summed E-state index contributed by atoms with van der Waals surface area (Å²) in [6, 6.07) is 0.00606. The molecule has 0 spiro atoms. The summed E-state index contributed by atoms with van der Waals surface area (Å²) < 4.78 is 11.3. The molecule has 1 amide bonds. The molecule has 6 heteroatoms. The predicted octanol–water partition coefficient (Wildman–Crippen LogP) is 2.25. The fraction of sp³-hybridized carbons (Fsp3) is 0.625. The van der Waals surface area contributed by atoms with Crippen LogP contribution in [0.1, 0.15) is 31.0 Å². The number of carbonyl (C=O) groups is 1. The molecule has 5 nitrogen and oxygen atoms in total. The standard InChI is InChI=1S/C16H24N2O3S/c1-11(2)4-7-21-15-9-20-6-5-14(15)18-16(19)8-13-10-22-12(3)17-13/h4,10,14-15H,5-9H2,1-3H3,(H,18,19)/t14-,15-/m1/s1. The second kappa shape index (κ2) is 8.41. The van der Waals surface area contributed by atoms with Crippen LogP contribution < -0.4 is 5.32 Å². The van der Waals surface area contributed by atoms with Crippen molar-refractivity contribution in [2.45, 2.75) is 45.8 Å². The lowest BCUT2D eigenvalue weighted by Gasteiger charge is -2.31. The first kappa shape index (κ1) is 17.1. The Morgan fingerprint density at radius 3 is 3.09 bits per heavy atom. The normalized spacial score (nSPS) is 21.4. The summed E-state index contributed by atoms with van der Waals surface area (Å²) in [5, 5.41) is 5.98. The second-order valence-corrected chi connectivity index (χ2v) is 6.79. The Labute approximate surface area is 135 Å². The van der Waals surface area contributed by atoms with Gasteiger partial charge < -0.3 is 14.8 Å². The molecule has 0 unspecified atom stereocenters. The summed E-state index contributed by atoms with van der Waals surface area (Å²) in [6.45, 7) is 7.75. The Kier molecular flexibility index (Phi) is 6.54. The Morgan fingerprint density at radius 2 is 2.41 bits per heavy atom. The van der Waals surface area contributed by atoms with Gasteiger partial charge in [-0.25, -0.2) is 4.98 Å². The van der Waals surface area contributed by atoms with Crippen LogP contribution in [0.15, 0.2) is 17.0 Å². The molecule has 0 aromatic carbocycles. The van der Waals surface area contributed by atoms with Crippen LogP contribution in [0.25, 0.3) is 0 Å². The summed E-state index contributed by atoms with van der Waals surface area (Å²) in [5.74, 6) is -0.00647. The van der Waals surface area contributed by atoms with Crippen LogP contribution in [0.5, 0.6) is 0 Å². The Balaban J connectivity index is 1.84. The van der Waals surface area contributed by atoms with E-state index < -0.39 is 0 Å². The van der Waals surface area contributed by atoms with Crippen molar-refractivity contribution in [3.05, 3.63) is 27.7 Å². The summed E-state index contributed by atoms with van der Waals surface area (Å²) >= 11 is 1.56. The summed E-state index contributed by atoms with van der Waals surface area (Å²) in [4.78, 5) is 16.5. The zero-order valence-corrected chi connectivity index (χ0v) is 14.2. The maximum absolute atomic E-state index is 12.2. The van der Waals surface area contributed by atoms with Gasteiger partial charge in [-0.3, -0.25) is 4.79 Å². The molecule has 122 valence electrons. The number of ether oxygens (including phenoxy) is 2. The second-order valence-electron chi connectivity index (χ2n) is 5.73. The predicted molar refractivity (Wildman–Crippen MR) is 87.1 cm³/mol.